The Morgan fingerprint density at radius 1 is 1.39 bits per heavy atom. The summed E-state index contributed by atoms with van der Waals surface area (Å²) in [6.45, 7) is 2.21. The van der Waals surface area contributed by atoms with Gasteiger partial charge >= 0.3 is 0 Å². The summed E-state index contributed by atoms with van der Waals surface area (Å²) < 4.78 is 16.2. The van der Waals surface area contributed by atoms with Crippen LogP contribution in [0, 0.1) is 10.6 Å². The van der Waals surface area contributed by atoms with Crippen molar-refractivity contribution in [3.8, 4) is 0 Å². The molecule has 0 radical (unpaired) electrons. The summed E-state index contributed by atoms with van der Waals surface area (Å²) in [5, 5.41) is 0.145. The Morgan fingerprint density at radius 3 is 2.72 bits per heavy atom. The summed E-state index contributed by atoms with van der Waals surface area (Å²) in [6, 6.07) is 3.09. The lowest BCUT2D eigenvalue weighted by molar-refractivity contribution is 0.335. The first kappa shape index (κ1) is 12.2. The second-order valence-electron chi connectivity index (χ2n) is 5.25. The molecule has 1 N–H and O–H groups in total. The van der Waals surface area contributed by atoms with Crippen LogP contribution in [-0.4, -0.2) is 9.55 Å². The first-order valence-electron chi connectivity index (χ1n) is 6.11. The van der Waals surface area contributed by atoms with Crippen LogP contribution in [0.1, 0.15) is 32.6 Å². The highest BCUT2D eigenvalue weighted by Gasteiger charge is 2.32. The fourth-order valence-electron chi connectivity index (χ4n) is 3.00. The first-order valence-corrected chi connectivity index (χ1v) is 6.90. The minimum Gasteiger partial charge on any atom is -0.330 e. The molecule has 18 heavy (non-hydrogen) atoms. The number of rotatable bonds is 1. The minimum absolute atomic E-state index is 0.0243. The van der Waals surface area contributed by atoms with Crippen LogP contribution in [0.3, 0.4) is 0 Å². The molecule has 0 spiro atoms. The zero-order chi connectivity index (χ0) is 12.9. The molecule has 2 aromatic rings. The average molecular weight is 285 g/mol. The third kappa shape index (κ3) is 1.70. The molecule has 0 bridgehead atoms. The van der Waals surface area contributed by atoms with Gasteiger partial charge in [-0.3, -0.25) is 0 Å². The second kappa shape index (κ2) is 4.07. The van der Waals surface area contributed by atoms with E-state index in [2.05, 4.69) is 16.5 Å². The van der Waals surface area contributed by atoms with Gasteiger partial charge in [0.1, 0.15) is 5.82 Å². The Kier molecular flexibility index (Phi) is 2.75. The molecular formula is C13H14ClFN2S. The number of nitrogens with one attached hydrogen (secondary N) is 1. The zero-order valence-electron chi connectivity index (χ0n) is 10.1. The van der Waals surface area contributed by atoms with E-state index in [9.17, 15) is 4.39 Å². The average Bonchev–Trinajstić information content (AvgIpc) is 2.84. The van der Waals surface area contributed by atoms with Gasteiger partial charge in [-0.15, -0.1) is 0 Å². The van der Waals surface area contributed by atoms with Crippen LogP contribution < -0.4 is 0 Å². The third-order valence-corrected chi connectivity index (χ3v) is 4.52. The first-order chi connectivity index (χ1) is 8.51. The number of nitrogens with zero attached hydrogens (tertiary/aromatic N) is 1. The van der Waals surface area contributed by atoms with Crippen LogP contribution in [0.5, 0.6) is 0 Å². The molecule has 0 atom stereocenters. The molecule has 1 heterocycles. The smallest absolute Gasteiger partial charge is 0.178 e. The summed E-state index contributed by atoms with van der Waals surface area (Å²) in [7, 11) is 0. The summed E-state index contributed by atoms with van der Waals surface area (Å²) in [5.41, 5.74) is 1.64. The lowest BCUT2D eigenvalue weighted by Gasteiger charge is -2.26. The highest BCUT2D eigenvalue weighted by Crippen LogP contribution is 2.39. The highest BCUT2D eigenvalue weighted by atomic mass is 35.5. The van der Waals surface area contributed by atoms with Gasteiger partial charge in [-0.05, 0) is 38.0 Å². The SMILES string of the molecule is CC1(n2c(=S)[nH]c3cc(F)c(Cl)cc32)CCCC1. The maximum absolute atomic E-state index is 13.5. The number of H-pyrrole nitrogens is 1. The van der Waals surface area contributed by atoms with Crippen LogP contribution in [-0.2, 0) is 5.54 Å². The number of aromatic amines is 1. The normalized spacial score (nSPS) is 18.6. The molecule has 0 aliphatic heterocycles. The Morgan fingerprint density at radius 2 is 2.06 bits per heavy atom. The van der Waals surface area contributed by atoms with Gasteiger partial charge in [0.05, 0.1) is 16.1 Å². The number of imidazole rings is 1. The van der Waals surface area contributed by atoms with Crippen LogP contribution in [0.25, 0.3) is 11.0 Å². The number of fused-ring (bicyclic) bond motifs is 1. The van der Waals surface area contributed by atoms with Crippen molar-refractivity contribution >= 4 is 34.9 Å². The Bertz CT molecular complexity index is 667. The van der Waals surface area contributed by atoms with E-state index >= 15 is 0 Å². The quantitative estimate of drug-likeness (QED) is 0.747. The third-order valence-electron chi connectivity index (χ3n) is 3.94. The van der Waals surface area contributed by atoms with Crippen molar-refractivity contribution < 1.29 is 4.39 Å². The van der Waals surface area contributed by atoms with Gasteiger partial charge in [0, 0.05) is 11.6 Å². The van der Waals surface area contributed by atoms with Gasteiger partial charge < -0.3 is 9.55 Å². The van der Waals surface area contributed by atoms with Crippen molar-refractivity contribution in [2.45, 2.75) is 38.1 Å². The molecule has 5 heteroatoms. The van der Waals surface area contributed by atoms with Crippen molar-refractivity contribution in [3.63, 3.8) is 0 Å². The fourth-order valence-corrected chi connectivity index (χ4v) is 3.58. The number of hydrogen-bond acceptors (Lipinski definition) is 1. The topological polar surface area (TPSA) is 20.7 Å². The van der Waals surface area contributed by atoms with Crippen LogP contribution in [0.2, 0.25) is 5.02 Å². The molecule has 2 nitrogen and oxygen atoms in total. The van der Waals surface area contributed by atoms with Gasteiger partial charge in [0.25, 0.3) is 0 Å². The van der Waals surface area contributed by atoms with E-state index in [0.717, 1.165) is 23.9 Å². The number of aromatic nitrogens is 2. The van der Waals surface area contributed by atoms with Gasteiger partial charge in [-0.25, -0.2) is 4.39 Å². The zero-order valence-corrected chi connectivity index (χ0v) is 11.7. The van der Waals surface area contributed by atoms with E-state index < -0.39 is 5.82 Å². The molecular weight excluding hydrogens is 271 g/mol. The van der Waals surface area contributed by atoms with Crippen LogP contribution >= 0.6 is 23.8 Å². The molecule has 0 unspecified atom stereocenters. The van der Waals surface area contributed by atoms with Crippen molar-refractivity contribution in [3.05, 3.63) is 27.7 Å². The molecule has 1 aliphatic carbocycles. The highest BCUT2D eigenvalue weighted by molar-refractivity contribution is 7.71. The molecule has 1 saturated carbocycles. The van der Waals surface area contributed by atoms with Crippen LogP contribution in [0.4, 0.5) is 4.39 Å². The van der Waals surface area contributed by atoms with Gasteiger partial charge in [0.2, 0.25) is 0 Å². The van der Waals surface area contributed by atoms with Gasteiger partial charge in [-0.1, -0.05) is 24.4 Å². The summed E-state index contributed by atoms with van der Waals surface area (Å²) in [4.78, 5) is 3.08. The van der Waals surface area contributed by atoms with Crippen molar-refractivity contribution in [1.82, 2.24) is 9.55 Å². The van der Waals surface area contributed by atoms with Crippen molar-refractivity contribution in [2.75, 3.05) is 0 Å². The minimum atomic E-state index is -0.413. The molecule has 1 aliphatic rings. The number of halogens is 2. The van der Waals surface area contributed by atoms with Gasteiger partial charge in [-0.2, -0.15) is 0 Å². The Hall–Kier alpha value is -0.870. The Labute approximate surface area is 115 Å². The van der Waals surface area contributed by atoms with E-state index in [1.165, 1.54) is 18.9 Å². The second-order valence-corrected chi connectivity index (χ2v) is 6.05. The molecule has 0 amide bonds. The van der Waals surface area contributed by atoms with Crippen molar-refractivity contribution in [1.29, 1.82) is 0 Å². The van der Waals surface area contributed by atoms with E-state index in [-0.39, 0.29) is 10.6 Å². The monoisotopic (exact) mass is 284 g/mol. The molecule has 1 aromatic heterocycles. The van der Waals surface area contributed by atoms with Crippen LogP contribution in [0.15, 0.2) is 12.1 Å². The largest absolute Gasteiger partial charge is 0.330 e. The fraction of sp³-hybridized carbons (Fsp3) is 0.462. The lowest BCUT2D eigenvalue weighted by Crippen LogP contribution is -2.26. The number of hydrogen-bond donors (Lipinski definition) is 1. The van der Waals surface area contributed by atoms with Crippen molar-refractivity contribution in [2.24, 2.45) is 0 Å². The standard InChI is InChI=1S/C13H14ClFN2S/c1-13(4-2-3-5-13)17-11-6-8(14)9(15)7-10(11)16-12(17)18/h6-7H,2-5H2,1H3,(H,16,18). The summed E-state index contributed by atoms with van der Waals surface area (Å²) >= 11 is 11.3. The molecule has 1 fully saturated rings. The van der Waals surface area contributed by atoms with E-state index in [1.54, 1.807) is 6.07 Å². The lowest BCUT2D eigenvalue weighted by atomic mass is 10.0. The van der Waals surface area contributed by atoms with E-state index in [4.69, 9.17) is 23.8 Å². The maximum atomic E-state index is 13.5. The summed E-state index contributed by atoms with van der Waals surface area (Å²) in [6.07, 6.45) is 4.62. The molecule has 0 saturated heterocycles. The summed E-state index contributed by atoms with van der Waals surface area (Å²) in [5.74, 6) is -0.413. The van der Waals surface area contributed by atoms with Gasteiger partial charge in [0.15, 0.2) is 4.77 Å². The Balaban J connectivity index is 2.32. The van der Waals surface area contributed by atoms with E-state index in [0.29, 0.717) is 4.77 Å². The maximum Gasteiger partial charge on any atom is 0.178 e. The molecule has 96 valence electrons. The molecule has 3 rings (SSSR count). The van der Waals surface area contributed by atoms with E-state index in [1.807, 2.05) is 0 Å². The molecule has 1 aromatic carbocycles. The predicted molar refractivity (Wildman–Crippen MR) is 74.2 cm³/mol. The predicted octanol–water partition coefficient (Wildman–Crippen LogP) is 4.78. The number of benzene rings is 1.